The summed E-state index contributed by atoms with van der Waals surface area (Å²) in [4.78, 5) is 44.8. The van der Waals surface area contributed by atoms with Gasteiger partial charge in [-0.05, 0) is 43.2 Å². The fraction of sp³-hybridized carbons (Fsp3) is 0.346. The number of nitrogens with one attached hydrogen (secondary N) is 1. The van der Waals surface area contributed by atoms with E-state index in [9.17, 15) is 28.0 Å². The molecule has 2 fully saturated rings. The van der Waals surface area contributed by atoms with Gasteiger partial charge in [0.15, 0.2) is 18.2 Å². The molecule has 2 aliphatic rings. The van der Waals surface area contributed by atoms with Crippen LogP contribution in [0.25, 0.3) is 5.69 Å². The molecule has 13 heteroatoms. The minimum Gasteiger partial charge on any atom is -0.619 e. The summed E-state index contributed by atoms with van der Waals surface area (Å²) in [7, 11) is -4.12. The Morgan fingerprint density at radius 3 is 2.67 bits per heavy atom. The Labute approximate surface area is 225 Å². The fourth-order valence-corrected chi connectivity index (χ4v) is 6.88. The van der Waals surface area contributed by atoms with Crippen LogP contribution in [0.3, 0.4) is 0 Å². The van der Waals surface area contributed by atoms with Crippen LogP contribution in [0.5, 0.6) is 0 Å². The minimum absolute atomic E-state index is 0.179. The van der Waals surface area contributed by atoms with E-state index >= 15 is 0 Å². The van der Waals surface area contributed by atoms with E-state index in [1.165, 1.54) is 23.2 Å². The van der Waals surface area contributed by atoms with Crippen LogP contribution in [0, 0.1) is 5.21 Å². The summed E-state index contributed by atoms with van der Waals surface area (Å²) in [6.07, 6.45) is 8.43. The highest BCUT2D eigenvalue weighted by atomic mass is 32.2. The van der Waals surface area contributed by atoms with E-state index in [0.717, 1.165) is 16.2 Å². The number of hydrogen-bond donors (Lipinski definition) is 1. The van der Waals surface area contributed by atoms with Crippen LogP contribution < -0.4 is 10.0 Å². The number of carbonyl (C=O) groups is 3. The summed E-state index contributed by atoms with van der Waals surface area (Å²) < 4.78 is 29.8. The molecular formula is C26H28N6O6S. The molecule has 0 spiro atoms. The summed E-state index contributed by atoms with van der Waals surface area (Å²) in [6.45, 7) is 1.68. The highest BCUT2D eigenvalue weighted by molar-refractivity contribution is 7.89. The maximum absolute atomic E-state index is 13.6. The first-order valence-electron chi connectivity index (χ1n) is 12.6. The van der Waals surface area contributed by atoms with Crippen molar-refractivity contribution in [3.05, 3.63) is 78.3 Å². The van der Waals surface area contributed by atoms with E-state index < -0.39 is 45.7 Å². The Morgan fingerprint density at radius 2 is 2.00 bits per heavy atom. The molecule has 0 bridgehead atoms. The Morgan fingerprint density at radius 1 is 1.23 bits per heavy atom. The highest BCUT2D eigenvalue weighted by Crippen LogP contribution is 2.34. The zero-order valence-corrected chi connectivity index (χ0v) is 22.0. The number of hydrogen-bond acceptors (Lipinski definition) is 7. The van der Waals surface area contributed by atoms with Gasteiger partial charge in [-0.3, -0.25) is 14.4 Å². The number of benzene rings is 1. The molecule has 2 saturated heterocycles. The van der Waals surface area contributed by atoms with Crippen molar-refractivity contribution < 1.29 is 27.5 Å². The zero-order chi connectivity index (χ0) is 27.7. The standard InChI is InChI=1S/C26H28N6O6S/c1-2-4-21(28-25(34)18-6-8-19(9-7-18)29-14-11-27-17-29)26(35)31-13-10-22-24(31)23(33)16-32(22)39(37,38)20-5-3-12-30(36)15-20/h3,5-9,11-12,14-15,17,21-22,24H,2,4,10,13,16H2,1H3,(H,28,34). The van der Waals surface area contributed by atoms with Gasteiger partial charge >= 0.3 is 0 Å². The number of fused-ring (bicyclic) bond motifs is 1. The molecule has 0 aliphatic carbocycles. The van der Waals surface area contributed by atoms with Gasteiger partial charge in [-0.15, -0.1) is 0 Å². The topological polar surface area (TPSA) is 149 Å². The van der Waals surface area contributed by atoms with Gasteiger partial charge in [0.1, 0.15) is 17.0 Å². The molecule has 0 radical (unpaired) electrons. The third-order valence-electron chi connectivity index (χ3n) is 7.13. The number of nitrogens with zero attached hydrogens (tertiary/aromatic N) is 5. The molecule has 5 rings (SSSR count). The van der Waals surface area contributed by atoms with Gasteiger partial charge in [-0.25, -0.2) is 13.4 Å². The molecule has 204 valence electrons. The molecule has 0 saturated carbocycles. The van der Waals surface area contributed by atoms with E-state index in [1.54, 1.807) is 47.6 Å². The number of sulfonamides is 1. The van der Waals surface area contributed by atoms with Gasteiger partial charge < -0.3 is 20.0 Å². The smallest absolute Gasteiger partial charge is 0.251 e. The quantitative estimate of drug-likeness (QED) is 0.319. The number of ketones is 1. The summed E-state index contributed by atoms with van der Waals surface area (Å²) in [5, 5.41) is 14.5. The largest absolute Gasteiger partial charge is 0.619 e. The molecule has 3 unspecified atom stereocenters. The molecule has 3 atom stereocenters. The number of carbonyl (C=O) groups excluding carboxylic acids is 3. The normalized spacial score (nSPS) is 20.1. The van der Waals surface area contributed by atoms with E-state index in [4.69, 9.17) is 0 Å². The lowest BCUT2D eigenvalue weighted by Gasteiger charge is -2.28. The molecule has 1 N–H and O–H groups in total. The average Bonchev–Trinajstić information content (AvgIpc) is 3.67. The molecule has 1 aromatic carbocycles. The van der Waals surface area contributed by atoms with Crippen LogP contribution in [0.15, 0.2) is 72.4 Å². The van der Waals surface area contributed by atoms with Crippen LogP contribution in [0.2, 0.25) is 0 Å². The molecule has 39 heavy (non-hydrogen) atoms. The molecule has 2 aromatic heterocycles. The van der Waals surface area contributed by atoms with Gasteiger partial charge in [0.25, 0.3) is 5.91 Å². The summed E-state index contributed by atoms with van der Waals surface area (Å²) >= 11 is 0. The van der Waals surface area contributed by atoms with Gasteiger partial charge in [0, 0.05) is 36.3 Å². The maximum Gasteiger partial charge on any atom is 0.251 e. The van der Waals surface area contributed by atoms with Crippen LogP contribution in [-0.2, 0) is 19.6 Å². The van der Waals surface area contributed by atoms with Crippen LogP contribution in [0.1, 0.15) is 36.5 Å². The van der Waals surface area contributed by atoms with E-state index in [0.29, 0.717) is 23.1 Å². The van der Waals surface area contributed by atoms with Crippen molar-refractivity contribution in [2.75, 3.05) is 13.1 Å². The number of amides is 2. The van der Waals surface area contributed by atoms with E-state index in [1.807, 2.05) is 6.92 Å². The fourth-order valence-electron chi connectivity index (χ4n) is 5.25. The molecule has 4 heterocycles. The van der Waals surface area contributed by atoms with E-state index in [-0.39, 0.29) is 24.4 Å². The molecule has 2 aliphatic heterocycles. The summed E-state index contributed by atoms with van der Waals surface area (Å²) in [5.41, 5.74) is 1.20. The first-order chi connectivity index (χ1) is 18.7. The number of pyridine rings is 1. The predicted octanol–water partition coefficient (Wildman–Crippen LogP) is 0.647. The van der Waals surface area contributed by atoms with Crippen molar-refractivity contribution in [1.29, 1.82) is 0 Å². The second-order valence-electron chi connectivity index (χ2n) is 9.58. The first-order valence-corrected chi connectivity index (χ1v) is 14.1. The van der Waals surface area contributed by atoms with Gasteiger partial charge in [0.2, 0.25) is 15.9 Å². The monoisotopic (exact) mass is 552 g/mol. The van der Waals surface area contributed by atoms with Crippen molar-refractivity contribution >= 4 is 27.6 Å². The second kappa shape index (κ2) is 10.6. The third kappa shape index (κ3) is 5.02. The Balaban J connectivity index is 1.31. The average molecular weight is 553 g/mol. The van der Waals surface area contributed by atoms with Crippen molar-refractivity contribution in [3.63, 3.8) is 0 Å². The molecule has 2 amide bonds. The summed E-state index contributed by atoms with van der Waals surface area (Å²) in [5.74, 6) is -1.24. The lowest BCUT2D eigenvalue weighted by molar-refractivity contribution is -0.607. The molecule has 12 nitrogen and oxygen atoms in total. The second-order valence-corrected chi connectivity index (χ2v) is 11.5. The van der Waals surface area contributed by atoms with E-state index in [2.05, 4.69) is 10.3 Å². The van der Waals surface area contributed by atoms with Gasteiger partial charge in [0.05, 0.1) is 18.9 Å². The summed E-state index contributed by atoms with van der Waals surface area (Å²) in [6, 6.07) is 6.92. The van der Waals surface area contributed by atoms with Crippen molar-refractivity contribution in [2.45, 2.75) is 49.2 Å². The van der Waals surface area contributed by atoms with Crippen LogP contribution >= 0.6 is 0 Å². The Kier molecular flexibility index (Phi) is 7.19. The number of Topliss-reactive ketones (excluding diaryl/α,β-unsaturated/α-hetero) is 1. The molecular weight excluding hydrogens is 524 g/mol. The molecule has 3 aromatic rings. The van der Waals surface area contributed by atoms with Crippen LogP contribution in [0.4, 0.5) is 0 Å². The Hall–Kier alpha value is -4.10. The number of aromatic nitrogens is 3. The maximum atomic E-state index is 13.6. The van der Waals surface area contributed by atoms with Crippen LogP contribution in [-0.4, -0.2) is 76.0 Å². The van der Waals surface area contributed by atoms with Gasteiger partial charge in [-0.2, -0.15) is 9.04 Å². The zero-order valence-electron chi connectivity index (χ0n) is 21.2. The SMILES string of the molecule is CCCC(NC(=O)c1ccc(-n2ccnc2)cc1)C(=O)N1CCC2C1C(=O)CN2S(=O)(=O)c1ccc[n+]([O-])c1. The predicted molar refractivity (Wildman–Crippen MR) is 138 cm³/mol. The van der Waals surface area contributed by atoms with Crippen molar-refractivity contribution in [3.8, 4) is 5.69 Å². The number of likely N-dealkylation sites (tertiary alicyclic amines) is 1. The van der Waals surface area contributed by atoms with Crippen molar-refractivity contribution in [2.24, 2.45) is 0 Å². The number of imidazole rings is 1. The lowest BCUT2D eigenvalue weighted by atomic mass is 10.1. The lowest BCUT2D eigenvalue weighted by Crippen LogP contribution is -2.52. The third-order valence-corrected chi connectivity index (χ3v) is 8.98. The van der Waals surface area contributed by atoms with Gasteiger partial charge in [-0.1, -0.05) is 13.3 Å². The first kappa shape index (κ1) is 26.5. The number of rotatable bonds is 8. The Bertz CT molecular complexity index is 1490. The minimum atomic E-state index is -4.12. The van der Waals surface area contributed by atoms with Crippen molar-refractivity contribution in [1.82, 2.24) is 24.1 Å². The highest BCUT2D eigenvalue weighted by Gasteiger charge is 2.54.